The molecule has 0 fully saturated rings. The minimum absolute atomic E-state index is 0.218. The molecule has 5 nitrogen and oxygen atoms in total. The van der Waals surface area contributed by atoms with E-state index < -0.39 is 11.9 Å². The number of halogens is 1. The zero-order valence-corrected chi connectivity index (χ0v) is 15.7. The van der Waals surface area contributed by atoms with Gasteiger partial charge < -0.3 is 14.2 Å². The van der Waals surface area contributed by atoms with Gasteiger partial charge in [-0.3, -0.25) is 0 Å². The van der Waals surface area contributed by atoms with Gasteiger partial charge in [0.2, 0.25) is 0 Å². The lowest BCUT2D eigenvalue weighted by Crippen LogP contribution is -2.12. The third-order valence-corrected chi connectivity index (χ3v) is 3.85. The molecule has 0 spiro atoms. The number of esters is 2. The lowest BCUT2D eigenvalue weighted by Gasteiger charge is -2.10. The minimum Gasteiger partial charge on any atom is -0.496 e. The van der Waals surface area contributed by atoms with Crippen molar-refractivity contribution in [3.63, 3.8) is 0 Å². The van der Waals surface area contributed by atoms with Crippen molar-refractivity contribution in [1.82, 2.24) is 0 Å². The number of carbonyl (C=O) groups is 2. The molecule has 0 aromatic heterocycles. The fraction of sp³-hybridized carbons (Fsp3) is 0.222. The van der Waals surface area contributed by atoms with Crippen LogP contribution in [0.5, 0.6) is 11.5 Å². The van der Waals surface area contributed by atoms with Crippen LogP contribution in [0.2, 0.25) is 0 Å². The van der Waals surface area contributed by atoms with Gasteiger partial charge >= 0.3 is 11.9 Å². The van der Waals surface area contributed by atoms with Crippen molar-refractivity contribution in [1.29, 1.82) is 0 Å². The number of ether oxygens (including phenoxy) is 3. The predicted molar refractivity (Wildman–Crippen MR) is 97.7 cm³/mol. The molecule has 126 valence electrons. The summed E-state index contributed by atoms with van der Waals surface area (Å²) in [5, 5.41) is 0. The first kappa shape index (κ1) is 18.3. The summed E-state index contributed by atoms with van der Waals surface area (Å²) >= 11 is 2.08. The number of hydrogen-bond donors (Lipinski definition) is 0. The third-order valence-electron chi connectivity index (χ3n) is 3.01. The van der Waals surface area contributed by atoms with Crippen LogP contribution in [-0.2, 0) is 4.74 Å². The van der Waals surface area contributed by atoms with Crippen LogP contribution in [-0.4, -0.2) is 25.2 Å². The van der Waals surface area contributed by atoms with Gasteiger partial charge in [0, 0.05) is 0 Å². The number of benzene rings is 2. The maximum atomic E-state index is 12.2. The van der Waals surface area contributed by atoms with Crippen molar-refractivity contribution >= 4 is 34.5 Å². The number of carbonyl (C=O) groups excluding carboxylic acids is 2. The van der Waals surface area contributed by atoms with Crippen LogP contribution < -0.4 is 9.47 Å². The van der Waals surface area contributed by atoms with Crippen molar-refractivity contribution in [3.8, 4) is 11.5 Å². The molecule has 2 rings (SSSR count). The topological polar surface area (TPSA) is 61.8 Å². The van der Waals surface area contributed by atoms with E-state index >= 15 is 0 Å². The largest absolute Gasteiger partial charge is 0.496 e. The van der Waals surface area contributed by atoms with Gasteiger partial charge in [-0.1, -0.05) is 6.07 Å². The Morgan fingerprint density at radius 2 is 1.71 bits per heavy atom. The van der Waals surface area contributed by atoms with Crippen molar-refractivity contribution < 1.29 is 23.8 Å². The molecule has 0 saturated carbocycles. The highest BCUT2D eigenvalue weighted by Gasteiger charge is 2.14. The first-order valence-corrected chi connectivity index (χ1v) is 8.35. The van der Waals surface area contributed by atoms with Gasteiger partial charge in [0.1, 0.15) is 11.5 Å². The van der Waals surface area contributed by atoms with Crippen LogP contribution in [0.3, 0.4) is 0 Å². The maximum Gasteiger partial charge on any atom is 0.343 e. The molecule has 0 amide bonds. The lowest BCUT2D eigenvalue weighted by molar-refractivity contribution is 0.0376. The van der Waals surface area contributed by atoms with E-state index in [1.807, 2.05) is 0 Å². The van der Waals surface area contributed by atoms with Crippen LogP contribution in [0.4, 0.5) is 0 Å². The van der Waals surface area contributed by atoms with Crippen molar-refractivity contribution in [2.45, 2.75) is 20.0 Å². The van der Waals surface area contributed by atoms with E-state index in [0.717, 1.165) is 3.57 Å². The summed E-state index contributed by atoms with van der Waals surface area (Å²) in [4.78, 5) is 24.1. The summed E-state index contributed by atoms with van der Waals surface area (Å²) in [5.41, 5.74) is 0.730. The highest BCUT2D eigenvalue weighted by atomic mass is 127. The monoisotopic (exact) mass is 440 g/mol. The van der Waals surface area contributed by atoms with Gasteiger partial charge in [0.05, 0.1) is 27.9 Å². The quantitative estimate of drug-likeness (QED) is 0.399. The van der Waals surface area contributed by atoms with Gasteiger partial charge in [-0.25, -0.2) is 9.59 Å². The molecule has 0 radical (unpaired) electrons. The molecule has 0 N–H and O–H groups in total. The number of rotatable bonds is 5. The Labute approximate surface area is 154 Å². The Kier molecular flexibility index (Phi) is 6.19. The first-order valence-electron chi connectivity index (χ1n) is 7.27. The molecule has 0 bridgehead atoms. The van der Waals surface area contributed by atoms with E-state index in [-0.39, 0.29) is 11.9 Å². The molecule has 0 heterocycles. The van der Waals surface area contributed by atoms with Gasteiger partial charge in [-0.15, -0.1) is 0 Å². The molecule has 0 aliphatic carbocycles. The average molecular weight is 440 g/mol. The third kappa shape index (κ3) is 4.70. The van der Waals surface area contributed by atoms with Crippen molar-refractivity contribution in [2.24, 2.45) is 0 Å². The highest BCUT2D eigenvalue weighted by molar-refractivity contribution is 14.1. The standard InChI is InChI=1S/C18H17IO5/c1-11(2)23-17(20)12-5-4-6-14(9-12)24-18(21)13-7-8-16(22-3)15(19)10-13/h4-11H,1-3H3. The molecule has 0 saturated heterocycles. The van der Waals surface area contributed by atoms with Crippen LogP contribution in [0.15, 0.2) is 42.5 Å². The summed E-state index contributed by atoms with van der Waals surface area (Å²) in [7, 11) is 1.57. The Morgan fingerprint density at radius 1 is 1.00 bits per heavy atom. The fourth-order valence-corrected chi connectivity index (χ4v) is 2.66. The first-order chi connectivity index (χ1) is 11.4. The second-order valence-corrected chi connectivity index (χ2v) is 6.38. The molecule has 0 aliphatic heterocycles. The Morgan fingerprint density at radius 3 is 2.33 bits per heavy atom. The van der Waals surface area contributed by atoms with E-state index in [1.165, 1.54) is 6.07 Å². The van der Waals surface area contributed by atoms with Crippen LogP contribution in [0, 0.1) is 3.57 Å². The van der Waals surface area contributed by atoms with E-state index in [2.05, 4.69) is 22.6 Å². The average Bonchev–Trinajstić information content (AvgIpc) is 2.54. The number of methoxy groups -OCH3 is 1. The predicted octanol–water partition coefficient (Wildman–Crippen LogP) is 4.08. The zero-order valence-electron chi connectivity index (χ0n) is 13.5. The summed E-state index contributed by atoms with van der Waals surface area (Å²) in [6, 6.07) is 11.3. The smallest absolute Gasteiger partial charge is 0.343 e. The SMILES string of the molecule is COc1ccc(C(=O)Oc2cccc(C(=O)OC(C)C)c2)cc1I. The van der Waals surface area contributed by atoms with Crippen LogP contribution >= 0.6 is 22.6 Å². The normalized spacial score (nSPS) is 10.4. The fourth-order valence-electron chi connectivity index (χ4n) is 1.93. The van der Waals surface area contributed by atoms with Gasteiger partial charge in [0.15, 0.2) is 0 Å². The molecular formula is C18H17IO5. The molecule has 24 heavy (non-hydrogen) atoms. The Hall–Kier alpha value is -2.09. The van der Waals surface area contributed by atoms with Crippen LogP contribution in [0.25, 0.3) is 0 Å². The Bertz CT molecular complexity index is 755. The van der Waals surface area contributed by atoms with E-state index in [1.54, 1.807) is 57.4 Å². The molecule has 2 aromatic carbocycles. The second-order valence-electron chi connectivity index (χ2n) is 5.22. The molecule has 2 aromatic rings. The summed E-state index contributed by atoms with van der Waals surface area (Å²) in [6.07, 6.45) is -0.218. The van der Waals surface area contributed by atoms with Crippen LogP contribution in [0.1, 0.15) is 34.6 Å². The molecule has 6 heteroatoms. The summed E-state index contributed by atoms with van der Waals surface area (Å²) < 4.78 is 16.4. The van der Waals surface area contributed by atoms with E-state index in [4.69, 9.17) is 14.2 Å². The molecule has 0 atom stereocenters. The summed E-state index contributed by atoms with van der Waals surface area (Å²) in [5.74, 6) is 0.00134. The Balaban J connectivity index is 2.14. The zero-order chi connectivity index (χ0) is 17.7. The number of hydrogen-bond acceptors (Lipinski definition) is 5. The minimum atomic E-state index is -0.509. The van der Waals surface area contributed by atoms with Crippen molar-refractivity contribution in [2.75, 3.05) is 7.11 Å². The summed E-state index contributed by atoms with van der Waals surface area (Å²) in [6.45, 7) is 3.54. The lowest BCUT2D eigenvalue weighted by atomic mass is 10.2. The van der Waals surface area contributed by atoms with Gasteiger partial charge in [-0.05, 0) is 72.8 Å². The second kappa shape index (κ2) is 8.14. The molecule has 0 unspecified atom stereocenters. The van der Waals surface area contributed by atoms with E-state index in [9.17, 15) is 9.59 Å². The maximum absolute atomic E-state index is 12.2. The molecular weight excluding hydrogens is 423 g/mol. The van der Waals surface area contributed by atoms with E-state index in [0.29, 0.717) is 16.9 Å². The molecule has 0 aliphatic rings. The van der Waals surface area contributed by atoms with Gasteiger partial charge in [-0.2, -0.15) is 0 Å². The highest BCUT2D eigenvalue weighted by Crippen LogP contribution is 2.23. The van der Waals surface area contributed by atoms with Gasteiger partial charge in [0.25, 0.3) is 0 Å². The van der Waals surface area contributed by atoms with Crippen molar-refractivity contribution in [3.05, 3.63) is 57.2 Å².